The van der Waals surface area contributed by atoms with E-state index in [2.05, 4.69) is 5.32 Å². The Labute approximate surface area is 180 Å². The van der Waals surface area contributed by atoms with Gasteiger partial charge in [-0.15, -0.1) is 0 Å². The fourth-order valence-electron chi connectivity index (χ4n) is 3.04. The Hall–Kier alpha value is -2.28. The minimum absolute atomic E-state index is 0.287. The van der Waals surface area contributed by atoms with Crippen LogP contribution in [0.4, 0.5) is 4.79 Å². The van der Waals surface area contributed by atoms with Crippen LogP contribution in [0, 0.1) is 5.92 Å². The average molecular weight is 424 g/mol. The van der Waals surface area contributed by atoms with Crippen LogP contribution in [0.5, 0.6) is 5.75 Å². The van der Waals surface area contributed by atoms with E-state index in [4.69, 9.17) is 18.9 Å². The summed E-state index contributed by atoms with van der Waals surface area (Å²) in [6.07, 6.45) is 1.47. The van der Waals surface area contributed by atoms with Crippen molar-refractivity contribution in [1.82, 2.24) is 5.32 Å². The molecule has 0 saturated heterocycles. The van der Waals surface area contributed by atoms with Crippen molar-refractivity contribution in [2.45, 2.75) is 71.6 Å². The lowest BCUT2D eigenvalue weighted by Crippen LogP contribution is -2.43. The first-order valence-corrected chi connectivity index (χ1v) is 10.4. The number of amides is 1. The lowest BCUT2D eigenvalue weighted by atomic mass is 9.91. The molecule has 0 bridgehead atoms. The summed E-state index contributed by atoms with van der Waals surface area (Å²) < 4.78 is 21.2. The minimum atomic E-state index is -0.790. The summed E-state index contributed by atoms with van der Waals surface area (Å²) in [7, 11) is 3.32. The topological polar surface area (TPSA) is 83.1 Å². The quantitative estimate of drug-likeness (QED) is 0.539. The number of alkyl carbamates (subject to hydrolysis) is 1. The Balaban J connectivity index is 2.59. The van der Waals surface area contributed by atoms with Gasteiger partial charge >= 0.3 is 12.1 Å². The molecule has 0 saturated carbocycles. The van der Waals surface area contributed by atoms with Gasteiger partial charge in [0.05, 0.1) is 13.2 Å². The number of hydrogen-bond donors (Lipinski definition) is 1. The van der Waals surface area contributed by atoms with Gasteiger partial charge in [-0.3, -0.25) is 0 Å². The molecule has 1 amide bonds. The highest BCUT2D eigenvalue weighted by molar-refractivity contribution is 5.81. The second-order valence-corrected chi connectivity index (χ2v) is 8.55. The summed E-state index contributed by atoms with van der Waals surface area (Å²) in [6, 6.07) is 7.18. The van der Waals surface area contributed by atoms with E-state index in [0.29, 0.717) is 13.0 Å². The van der Waals surface area contributed by atoms with Crippen molar-refractivity contribution in [3.05, 3.63) is 29.8 Å². The van der Waals surface area contributed by atoms with Crippen LogP contribution >= 0.6 is 0 Å². The molecule has 0 radical (unpaired) electrons. The molecule has 7 nitrogen and oxygen atoms in total. The van der Waals surface area contributed by atoms with E-state index in [1.807, 2.05) is 31.2 Å². The Kier molecular flexibility index (Phi) is 10.7. The van der Waals surface area contributed by atoms with Crippen LogP contribution in [0.25, 0.3) is 0 Å². The molecule has 0 heterocycles. The summed E-state index contributed by atoms with van der Waals surface area (Å²) in [5.41, 5.74) is 0.562. The minimum Gasteiger partial charge on any atom is -0.497 e. The number of ether oxygens (including phenoxy) is 4. The Morgan fingerprint density at radius 1 is 1.07 bits per heavy atom. The van der Waals surface area contributed by atoms with Gasteiger partial charge in [-0.1, -0.05) is 12.1 Å². The van der Waals surface area contributed by atoms with Gasteiger partial charge in [0.25, 0.3) is 0 Å². The third-order valence-corrected chi connectivity index (χ3v) is 4.48. The van der Waals surface area contributed by atoms with E-state index in [1.54, 1.807) is 41.9 Å². The largest absolute Gasteiger partial charge is 0.497 e. The zero-order valence-electron chi connectivity index (χ0n) is 19.3. The second kappa shape index (κ2) is 12.4. The summed E-state index contributed by atoms with van der Waals surface area (Å²) in [5.74, 6) is 0.625. The van der Waals surface area contributed by atoms with Crippen LogP contribution in [0.15, 0.2) is 24.3 Å². The number of carbonyl (C=O) groups is 2. The molecule has 0 unspecified atom stereocenters. The molecule has 1 rings (SSSR count). The monoisotopic (exact) mass is 423 g/mol. The van der Waals surface area contributed by atoms with Crippen molar-refractivity contribution in [2.24, 2.45) is 5.92 Å². The number of methoxy groups -OCH3 is 2. The number of benzene rings is 1. The third kappa shape index (κ3) is 10.5. The smallest absolute Gasteiger partial charge is 0.408 e. The summed E-state index contributed by atoms with van der Waals surface area (Å²) in [6.45, 7) is 9.38. The average Bonchev–Trinajstić information content (AvgIpc) is 2.64. The lowest BCUT2D eigenvalue weighted by Gasteiger charge is -2.24. The van der Waals surface area contributed by atoms with Crippen LogP contribution in [0.1, 0.15) is 53.0 Å². The van der Waals surface area contributed by atoms with Crippen molar-refractivity contribution < 1.29 is 28.5 Å². The van der Waals surface area contributed by atoms with Gasteiger partial charge in [0.15, 0.2) is 0 Å². The normalized spacial score (nSPS) is 14.4. The molecule has 0 spiro atoms. The molecule has 7 heteroatoms. The van der Waals surface area contributed by atoms with Gasteiger partial charge in [0.2, 0.25) is 0 Å². The molecule has 1 aromatic carbocycles. The first kappa shape index (κ1) is 25.8. The zero-order valence-corrected chi connectivity index (χ0v) is 19.3. The molecule has 0 aliphatic carbocycles. The highest BCUT2D eigenvalue weighted by Gasteiger charge is 2.24. The van der Waals surface area contributed by atoms with E-state index in [9.17, 15) is 9.59 Å². The van der Waals surface area contributed by atoms with Crippen LogP contribution < -0.4 is 10.1 Å². The summed E-state index contributed by atoms with van der Waals surface area (Å²) in [4.78, 5) is 24.2. The fourth-order valence-corrected chi connectivity index (χ4v) is 3.04. The first-order valence-electron chi connectivity index (χ1n) is 10.4. The Morgan fingerprint density at radius 2 is 1.70 bits per heavy atom. The first-order chi connectivity index (χ1) is 14.0. The molecular formula is C23H37NO6. The number of esters is 1. The van der Waals surface area contributed by atoms with Gasteiger partial charge in [-0.05, 0) is 77.5 Å². The SMILES string of the molecule is COCC[C@H](Cc1ccc(OC)cc1)C[C@H](C)OC(=O)[C@H](C)NC(=O)OC(C)(C)C. The van der Waals surface area contributed by atoms with Gasteiger partial charge < -0.3 is 24.3 Å². The number of carbonyl (C=O) groups excluding carboxylic acids is 2. The maximum Gasteiger partial charge on any atom is 0.408 e. The maximum absolute atomic E-state index is 12.3. The molecule has 1 N–H and O–H groups in total. The molecule has 0 fully saturated rings. The van der Waals surface area contributed by atoms with Gasteiger partial charge in [-0.2, -0.15) is 0 Å². The molecule has 0 aliphatic heterocycles. The van der Waals surface area contributed by atoms with Crippen LogP contribution in [-0.4, -0.2) is 50.6 Å². The van der Waals surface area contributed by atoms with E-state index < -0.39 is 23.7 Å². The number of hydrogen-bond acceptors (Lipinski definition) is 6. The predicted molar refractivity (Wildman–Crippen MR) is 116 cm³/mol. The number of nitrogens with one attached hydrogen (secondary N) is 1. The third-order valence-electron chi connectivity index (χ3n) is 4.48. The van der Waals surface area contributed by atoms with Gasteiger partial charge in [0, 0.05) is 13.7 Å². The summed E-state index contributed by atoms with van der Waals surface area (Å²) >= 11 is 0. The van der Waals surface area contributed by atoms with E-state index in [0.717, 1.165) is 18.6 Å². The van der Waals surface area contributed by atoms with Crippen molar-refractivity contribution in [3.8, 4) is 5.75 Å². The van der Waals surface area contributed by atoms with Gasteiger partial charge in [0.1, 0.15) is 17.4 Å². The van der Waals surface area contributed by atoms with Gasteiger partial charge in [-0.25, -0.2) is 9.59 Å². The molecular weight excluding hydrogens is 386 g/mol. The van der Waals surface area contributed by atoms with E-state index in [1.165, 1.54) is 5.56 Å². The maximum atomic E-state index is 12.3. The van der Waals surface area contributed by atoms with Crippen molar-refractivity contribution >= 4 is 12.1 Å². The molecule has 3 atom stereocenters. The number of rotatable bonds is 11. The van der Waals surface area contributed by atoms with E-state index in [-0.39, 0.29) is 12.0 Å². The highest BCUT2D eigenvalue weighted by Crippen LogP contribution is 2.21. The lowest BCUT2D eigenvalue weighted by molar-refractivity contribution is -0.151. The molecule has 30 heavy (non-hydrogen) atoms. The van der Waals surface area contributed by atoms with Crippen LogP contribution in [0.3, 0.4) is 0 Å². The van der Waals surface area contributed by atoms with Crippen molar-refractivity contribution in [3.63, 3.8) is 0 Å². The fraction of sp³-hybridized carbons (Fsp3) is 0.652. The molecule has 0 aromatic heterocycles. The highest BCUT2D eigenvalue weighted by atomic mass is 16.6. The zero-order chi connectivity index (χ0) is 22.7. The predicted octanol–water partition coefficient (Wildman–Crippen LogP) is 4.13. The van der Waals surface area contributed by atoms with Crippen molar-refractivity contribution in [1.29, 1.82) is 0 Å². The second-order valence-electron chi connectivity index (χ2n) is 8.55. The molecule has 0 aliphatic rings. The molecule has 170 valence electrons. The summed E-state index contributed by atoms with van der Waals surface area (Å²) in [5, 5.41) is 2.51. The van der Waals surface area contributed by atoms with Crippen LogP contribution in [0.2, 0.25) is 0 Å². The van der Waals surface area contributed by atoms with E-state index >= 15 is 0 Å². The Bertz CT molecular complexity index is 653. The Morgan fingerprint density at radius 3 is 2.23 bits per heavy atom. The van der Waals surface area contributed by atoms with Crippen LogP contribution in [-0.2, 0) is 25.4 Å². The standard InChI is InChI=1S/C23H37NO6/c1-16(29-21(25)17(2)24-22(26)30-23(3,4)5)14-19(12-13-27-6)15-18-8-10-20(28-7)11-9-18/h8-11,16-17,19H,12-15H2,1-7H3,(H,24,26)/t16-,17-,19-/m0/s1. The van der Waals surface area contributed by atoms with Crippen molar-refractivity contribution in [2.75, 3.05) is 20.8 Å². The molecule has 1 aromatic rings.